The molecule has 2 N–H and O–H groups in total. The van der Waals surface area contributed by atoms with Crippen LogP contribution >= 0.6 is 11.6 Å². The van der Waals surface area contributed by atoms with Crippen molar-refractivity contribution in [3.05, 3.63) is 82.9 Å². The molecule has 0 atom stereocenters. The number of pyridine rings is 1. The quantitative estimate of drug-likeness (QED) is 0.674. The van der Waals surface area contributed by atoms with Gasteiger partial charge in [-0.1, -0.05) is 23.7 Å². The van der Waals surface area contributed by atoms with E-state index in [2.05, 4.69) is 15.6 Å². The van der Waals surface area contributed by atoms with Crippen molar-refractivity contribution in [2.24, 2.45) is 0 Å². The maximum absolute atomic E-state index is 12.2. The van der Waals surface area contributed by atoms with E-state index in [4.69, 9.17) is 16.0 Å². The van der Waals surface area contributed by atoms with Gasteiger partial charge in [-0.05, 0) is 48.4 Å². The topological polar surface area (TPSA) is 67.2 Å². The largest absolute Gasteiger partial charge is 0.467 e. The summed E-state index contributed by atoms with van der Waals surface area (Å²) in [6, 6.07) is 14.8. The average Bonchev–Trinajstić information content (AvgIpc) is 3.14. The van der Waals surface area contributed by atoms with Crippen LogP contribution in [0.3, 0.4) is 0 Å². The first-order valence-corrected chi connectivity index (χ1v) is 8.33. The van der Waals surface area contributed by atoms with E-state index in [1.807, 2.05) is 30.3 Å². The third kappa shape index (κ3) is 5.09. The molecule has 0 spiro atoms. The van der Waals surface area contributed by atoms with Gasteiger partial charge in [0.2, 0.25) is 0 Å². The second kappa shape index (κ2) is 8.35. The van der Waals surface area contributed by atoms with Gasteiger partial charge in [-0.2, -0.15) is 0 Å². The number of anilines is 1. The number of hydrogen-bond donors (Lipinski definition) is 2. The molecule has 0 aliphatic heterocycles. The summed E-state index contributed by atoms with van der Waals surface area (Å²) in [7, 11) is 0. The van der Waals surface area contributed by atoms with Crippen molar-refractivity contribution in [3.63, 3.8) is 0 Å². The first-order valence-electron chi connectivity index (χ1n) is 7.96. The second-order valence-electron chi connectivity index (χ2n) is 5.50. The van der Waals surface area contributed by atoms with Crippen LogP contribution in [0, 0.1) is 0 Å². The Balaban J connectivity index is 1.52. The molecule has 0 radical (unpaired) electrons. The normalized spacial score (nSPS) is 10.4. The number of carbonyl (C=O) groups excluding carboxylic acids is 1. The monoisotopic (exact) mass is 355 g/mol. The molecule has 2 aromatic heterocycles. The molecule has 0 fully saturated rings. The van der Waals surface area contributed by atoms with E-state index in [9.17, 15) is 4.79 Å². The number of carbonyl (C=O) groups is 1. The summed E-state index contributed by atoms with van der Waals surface area (Å²) in [6.07, 6.45) is 4.01. The lowest BCUT2D eigenvalue weighted by Crippen LogP contribution is -2.22. The van der Waals surface area contributed by atoms with E-state index in [1.54, 1.807) is 30.7 Å². The molecule has 3 aromatic rings. The van der Waals surface area contributed by atoms with Crippen LogP contribution in [0.2, 0.25) is 5.02 Å². The van der Waals surface area contributed by atoms with Crippen molar-refractivity contribution in [3.8, 4) is 0 Å². The van der Waals surface area contributed by atoms with E-state index in [0.717, 1.165) is 17.0 Å². The molecule has 0 saturated carbocycles. The van der Waals surface area contributed by atoms with Gasteiger partial charge in [0.05, 0.1) is 12.8 Å². The fraction of sp³-hybridized carbons (Fsp3) is 0.158. The minimum absolute atomic E-state index is 0.170. The molecular formula is C19H18ClN3O2. The standard InChI is InChI=1S/C19H18ClN3O2/c20-16-4-1-3-14(11-16)6-8-21-18-12-15(7-9-22-18)19(24)23-13-17-5-2-10-25-17/h1-5,7,9-12H,6,8,13H2,(H,21,22)(H,23,24). The minimum Gasteiger partial charge on any atom is -0.467 e. The van der Waals surface area contributed by atoms with Crippen molar-refractivity contribution >= 4 is 23.3 Å². The Labute approximate surface area is 151 Å². The molecule has 0 saturated heterocycles. The van der Waals surface area contributed by atoms with Crippen LogP contribution in [0.15, 0.2) is 65.4 Å². The molecule has 1 aromatic carbocycles. The number of rotatable bonds is 7. The first-order chi connectivity index (χ1) is 12.2. The van der Waals surface area contributed by atoms with Gasteiger partial charge in [0, 0.05) is 23.3 Å². The van der Waals surface area contributed by atoms with Gasteiger partial charge in [0.15, 0.2) is 0 Å². The number of amides is 1. The molecule has 0 aliphatic rings. The third-order valence-corrected chi connectivity index (χ3v) is 3.87. The summed E-state index contributed by atoms with van der Waals surface area (Å²) in [6.45, 7) is 1.05. The van der Waals surface area contributed by atoms with E-state index in [-0.39, 0.29) is 5.91 Å². The summed E-state index contributed by atoms with van der Waals surface area (Å²) in [4.78, 5) is 16.4. The third-order valence-electron chi connectivity index (χ3n) is 3.63. The van der Waals surface area contributed by atoms with Crippen molar-refractivity contribution in [1.29, 1.82) is 0 Å². The van der Waals surface area contributed by atoms with Crippen molar-refractivity contribution in [2.45, 2.75) is 13.0 Å². The summed E-state index contributed by atoms with van der Waals surface area (Å²) < 4.78 is 5.20. The molecule has 2 heterocycles. The Bertz CT molecular complexity index is 834. The van der Waals surface area contributed by atoms with Crippen LogP contribution in [-0.4, -0.2) is 17.4 Å². The Hall–Kier alpha value is -2.79. The Morgan fingerprint density at radius 1 is 1.16 bits per heavy atom. The number of hydrogen-bond acceptors (Lipinski definition) is 4. The van der Waals surface area contributed by atoms with Crippen LogP contribution in [-0.2, 0) is 13.0 Å². The molecule has 0 unspecified atom stereocenters. The fourth-order valence-electron chi connectivity index (χ4n) is 2.38. The lowest BCUT2D eigenvalue weighted by molar-refractivity contribution is 0.0948. The molecular weight excluding hydrogens is 338 g/mol. The molecule has 25 heavy (non-hydrogen) atoms. The van der Waals surface area contributed by atoms with Crippen LogP contribution in [0.25, 0.3) is 0 Å². The first kappa shape index (κ1) is 17.0. The van der Waals surface area contributed by atoms with Gasteiger partial charge in [0.1, 0.15) is 11.6 Å². The fourth-order valence-corrected chi connectivity index (χ4v) is 2.59. The van der Waals surface area contributed by atoms with E-state index >= 15 is 0 Å². The lowest BCUT2D eigenvalue weighted by Gasteiger charge is -2.08. The zero-order chi connectivity index (χ0) is 17.5. The maximum Gasteiger partial charge on any atom is 0.251 e. The van der Waals surface area contributed by atoms with Crippen LogP contribution in [0.1, 0.15) is 21.7 Å². The van der Waals surface area contributed by atoms with Gasteiger partial charge >= 0.3 is 0 Å². The van der Waals surface area contributed by atoms with E-state index < -0.39 is 0 Å². The van der Waals surface area contributed by atoms with Crippen molar-refractivity contribution < 1.29 is 9.21 Å². The summed E-state index contributed by atoms with van der Waals surface area (Å²) in [5.41, 5.74) is 1.69. The second-order valence-corrected chi connectivity index (χ2v) is 5.93. The summed E-state index contributed by atoms with van der Waals surface area (Å²) in [5.74, 6) is 1.20. The number of nitrogens with zero attached hydrogens (tertiary/aromatic N) is 1. The molecule has 3 rings (SSSR count). The lowest BCUT2D eigenvalue weighted by atomic mass is 10.1. The predicted octanol–water partition coefficient (Wildman–Crippen LogP) is 3.91. The van der Waals surface area contributed by atoms with E-state index in [0.29, 0.717) is 30.2 Å². The molecule has 128 valence electrons. The Kier molecular flexibility index (Phi) is 5.69. The van der Waals surface area contributed by atoms with Gasteiger partial charge < -0.3 is 15.1 Å². The minimum atomic E-state index is -0.170. The van der Waals surface area contributed by atoms with Gasteiger partial charge in [-0.3, -0.25) is 4.79 Å². The summed E-state index contributed by atoms with van der Waals surface area (Å²) >= 11 is 5.98. The highest BCUT2D eigenvalue weighted by atomic mass is 35.5. The highest BCUT2D eigenvalue weighted by Gasteiger charge is 2.07. The number of halogens is 1. The van der Waals surface area contributed by atoms with Gasteiger partial charge in [0.25, 0.3) is 5.91 Å². The number of benzene rings is 1. The smallest absolute Gasteiger partial charge is 0.251 e. The Morgan fingerprint density at radius 3 is 2.88 bits per heavy atom. The molecule has 0 bridgehead atoms. The van der Waals surface area contributed by atoms with Crippen LogP contribution < -0.4 is 10.6 Å². The van der Waals surface area contributed by atoms with Gasteiger partial charge in [-0.25, -0.2) is 4.98 Å². The van der Waals surface area contributed by atoms with Crippen molar-refractivity contribution in [1.82, 2.24) is 10.3 Å². The zero-order valence-electron chi connectivity index (χ0n) is 13.5. The molecule has 1 amide bonds. The zero-order valence-corrected chi connectivity index (χ0v) is 14.3. The number of furan rings is 1. The van der Waals surface area contributed by atoms with Crippen molar-refractivity contribution in [2.75, 3.05) is 11.9 Å². The van der Waals surface area contributed by atoms with Gasteiger partial charge in [-0.15, -0.1) is 0 Å². The number of aromatic nitrogens is 1. The van der Waals surface area contributed by atoms with E-state index in [1.165, 1.54) is 0 Å². The van der Waals surface area contributed by atoms with Crippen LogP contribution in [0.5, 0.6) is 0 Å². The highest BCUT2D eigenvalue weighted by Crippen LogP contribution is 2.12. The highest BCUT2D eigenvalue weighted by molar-refractivity contribution is 6.30. The Morgan fingerprint density at radius 2 is 2.08 bits per heavy atom. The average molecular weight is 356 g/mol. The molecule has 6 heteroatoms. The predicted molar refractivity (Wildman–Crippen MR) is 97.8 cm³/mol. The molecule has 0 aliphatic carbocycles. The molecule has 5 nitrogen and oxygen atoms in total. The number of nitrogens with one attached hydrogen (secondary N) is 2. The SMILES string of the molecule is O=C(NCc1ccco1)c1ccnc(NCCc2cccc(Cl)c2)c1. The maximum atomic E-state index is 12.2. The van der Waals surface area contributed by atoms with Crippen LogP contribution in [0.4, 0.5) is 5.82 Å². The summed E-state index contributed by atoms with van der Waals surface area (Å²) in [5, 5.41) is 6.77.